The van der Waals surface area contributed by atoms with Gasteiger partial charge in [-0.15, -0.1) is 5.10 Å². The largest absolute Gasteiger partial charge is 0.490 e. The molecule has 8 heteroatoms. The van der Waals surface area contributed by atoms with E-state index in [0.717, 1.165) is 44.9 Å². The van der Waals surface area contributed by atoms with Crippen LogP contribution in [0.1, 0.15) is 38.3 Å². The third-order valence-corrected chi connectivity index (χ3v) is 4.97. The van der Waals surface area contributed by atoms with Gasteiger partial charge >= 0.3 is 6.18 Å². The summed E-state index contributed by atoms with van der Waals surface area (Å²) in [5.41, 5.74) is -0.948. The van der Waals surface area contributed by atoms with Crippen molar-refractivity contribution in [1.29, 1.82) is 0 Å². The number of hydrogen-bond acceptors (Lipinski definition) is 5. The Labute approximate surface area is 139 Å². The van der Waals surface area contributed by atoms with Crippen molar-refractivity contribution in [3.63, 3.8) is 0 Å². The zero-order valence-corrected chi connectivity index (χ0v) is 13.7. The summed E-state index contributed by atoms with van der Waals surface area (Å²) in [6.07, 6.45) is 0.960. The van der Waals surface area contributed by atoms with Crippen molar-refractivity contribution in [2.24, 2.45) is 0 Å². The summed E-state index contributed by atoms with van der Waals surface area (Å²) in [6.45, 7) is 4.75. The van der Waals surface area contributed by atoms with E-state index < -0.39 is 11.9 Å². The van der Waals surface area contributed by atoms with Gasteiger partial charge in [-0.05, 0) is 39.2 Å². The highest BCUT2D eigenvalue weighted by atomic mass is 19.4. The Kier molecular flexibility index (Phi) is 4.96. The van der Waals surface area contributed by atoms with Gasteiger partial charge in [0.1, 0.15) is 12.4 Å². The van der Waals surface area contributed by atoms with Crippen molar-refractivity contribution in [3.8, 4) is 5.75 Å². The Balaban J connectivity index is 1.62. The molecule has 2 saturated heterocycles. The molecule has 0 aromatic carbocycles. The summed E-state index contributed by atoms with van der Waals surface area (Å²) in [4.78, 5) is 2.42. The highest BCUT2D eigenvalue weighted by Crippen LogP contribution is 2.42. The number of nitrogens with zero attached hydrogens (tertiary/aromatic N) is 3. The standard InChI is InChI=1S/C16H22F3N3O2/c1-2-23-11-15-5-3-7-22(15)12(4-6-15)10-24-13-8-14(16(17,18)19)21-20-9-13/h8-9,12H,2-7,10-11H2,1H3. The zero-order chi connectivity index (χ0) is 17.2. The first-order chi connectivity index (χ1) is 11.4. The van der Waals surface area contributed by atoms with E-state index in [4.69, 9.17) is 9.47 Å². The minimum absolute atomic E-state index is 0.0810. The number of ether oxygens (including phenoxy) is 2. The van der Waals surface area contributed by atoms with Gasteiger partial charge in [-0.1, -0.05) is 0 Å². The van der Waals surface area contributed by atoms with Gasteiger partial charge in [-0.3, -0.25) is 4.90 Å². The fourth-order valence-corrected chi connectivity index (χ4v) is 3.84. The molecule has 2 aliphatic heterocycles. The number of hydrogen-bond donors (Lipinski definition) is 0. The molecule has 2 unspecified atom stereocenters. The van der Waals surface area contributed by atoms with Crippen LogP contribution < -0.4 is 4.74 Å². The lowest BCUT2D eigenvalue weighted by Crippen LogP contribution is -2.47. The second-order valence-electron chi connectivity index (χ2n) is 6.44. The lowest BCUT2D eigenvalue weighted by molar-refractivity contribution is -0.141. The van der Waals surface area contributed by atoms with E-state index >= 15 is 0 Å². The monoisotopic (exact) mass is 345 g/mol. The summed E-state index contributed by atoms with van der Waals surface area (Å²) in [5.74, 6) is 0.110. The van der Waals surface area contributed by atoms with Crippen LogP contribution in [0.3, 0.4) is 0 Å². The van der Waals surface area contributed by atoms with Gasteiger partial charge in [0, 0.05) is 24.3 Å². The van der Waals surface area contributed by atoms with Gasteiger partial charge in [0.05, 0.1) is 12.8 Å². The highest BCUT2D eigenvalue weighted by Gasteiger charge is 2.49. The maximum absolute atomic E-state index is 12.7. The van der Waals surface area contributed by atoms with E-state index in [0.29, 0.717) is 13.2 Å². The molecule has 0 bridgehead atoms. The summed E-state index contributed by atoms with van der Waals surface area (Å²) >= 11 is 0. The summed E-state index contributed by atoms with van der Waals surface area (Å²) < 4.78 is 49.3. The van der Waals surface area contributed by atoms with E-state index in [1.165, 1.54) is 6.20 Å². The van der Waals surface area contributed by atoms with Crippen molar-refractivity contribution in [2.45, 2.75) is 50.4 Å². The molecule has 3 heterocycles. The molecule has 1 aromatic rings. The molecule has 3 rings (SSSR count). The lowest BCUT2D eigenvalue weighted by atomic mass is 9.95. The van der Waals surface area contributed by atoms with E-state index in [-0.39, 0.29) is 17.3 Å². The molecule has 0 amide bonds. The van der Waals surface area contributed by atoms with Gasteiger partial charge in [0.15, 0.2) is 5.69 Å². The molecule has 1 aromatic heterocycles. The van der Waals surface area contributed by atoms with Gasteiger partial charge < -0.3 is 9.47 Å². The van der Waals surface area contributed by atoms with Crippen molar-refractivity contribution in [2.75, 3.05) is 26.4 Å². The van der Waals surface area contributed by atoms with E-state index in [9.17, 15) is 13.2 Å². The van der Waals surface area contributed by atoms with Crippen LogP contribution in [-0.2, 0) is 10.9 Å². The minimum Gasteiger partial charge on any atom is -0.490 e. The molecule has 2 fully saturated rings. The third kappa shape index (κ3) is 3.49. The van der Waals surface area contributed by atoms with Crippen LogP contribution in [0, 0.1) is 0 Å². The van der Waals surface area contributed by atoms with Crippen LogP contribution in [0.15, 0.2) is 12.3 Å². The van der Waals surface area contributed by atoms with Gasteiger partial charge in [-0.25, -0.2) is 0 Å². The molecule has 134 valence electrons. The summed E-state index contributed by atoms with van der Waals surface area (Å²) in [7, 11) is 0. The molecule has 0 N–H and O–H groups in total. The maximum Gasteiger partial charge on any atom is 0.435 e. The SMILES string of the molecule is CCOCC12CCCN1C(COc1cnnc(C(F)(F)F)c1)CC2. The predicted molar refractivity (Wildman–Crippen MR) is 80.7 cm³/mol. The Morgan fingerprint density at radius 1 is 1.38 bits per heavy atom. The number of aromatic nitrogens is 2. The highest BCUT2D eigenvalue weighted by molar-refractivity contribution is 5.21. The third-order valence-electron chi connectivity index (χ3n) is 4.97. The molecule has 0 radical (unpaired) electrons. The van der Waals surface area contributed by atoms with Gasteiger partial charge in [-0.2, -0.15) is 18.3 Å². The molecule has 24 heavy (non-hydrogen) atoms. The average Bonchev–Trinajstić information content (AvgIpc) is 3.10. The number of halogens is 3. The van der Waals surface area contributed by atoms with Gasteiger partial charge in [0.2, 0.25) is 0 Å². The van der Waals surface area contributed by atoms with Crippen LogP contribution in [-0.4, -0.2) is 53.0 Å². The number of rotatable bonds is 6. The van der Waals surface area contributed by atoms with Crippen molar-refractivity contribution < 1.29 is 22.6 Å². The Morgan fingerprint density at radius 3 is 2.96 bits per heavy atom. The van der Waals surface area contributed by atoms with Crippen LogP contribution in [0.5, 0.6) is 5.75 Å². The number of alkyl halides is 3. The normalized spacial score (nSPS) is 27.4. The van der Waals surface area contributed by atoms with E-state index in [1.54, 1.807) is 0 Å². The van der Waals surface area contributed by atoms with Gasteiger partial charge in [0.25, 0.3) is 0 Å². The quantitative estimate of drug-likeness (QED) is 0.793. The van der Waals surface area contributed by atoms with Crippen molar-refractivity contribution >= 4 is 0 Å². The van der Waals surface area contributed by atoms with Crippen LogP contribution >= 0.6 is 0 Å². The molecule has 2 aliphatic rings. The second kappa shape index (κ2) is 6.84. The van der Waals surface area contributed by atoms with Crippen molar-refractivity contribution in [1.82, 2.24) is 15.1 Å². The topological polar surface area (TPSA) is 47.5 Å². The first-order valence-corrected chi connectivity index (χ1v) is 8.32. The van der Waals surface area contributed by atoms with Crippen LogP contribution in [0.2, 0.25) is 0 Å². The fraction of sp³-hybridized carbons (Fsp3) is 0.750. The lowest BCUT2D eigenvalue weighted by Gasteiger charge is -2.34. The maximum atomic E-state index is 12.7. The summed E-state index contributed by atoms with van der Waals surface area (Å²) in [5, 5.41) is 6.49. The molecular weight excluding hydrogens is 323 g/mol. The molecular formula is C16H22F3N3O2. The van der Waals surface area contributed by atoms with Crippen LogP contribution in [0.4, 0.5) is 13.2 Å². The molecule has 5 nitrogen and oxygen atoms in total. The second-order valence-corrected chi connectivity index (χ2v) is 6.44. The smallest absolute Gasteiger partial charge is 0.435 e. The van der Waals surface area contributed by atoms with Crippen molar-refractivity contribution in [3.05, 3.63) is 18.0 Å². The molecule has 0 saturated carbocycles. The Bertz CT molecular complexity index is 570. The molecule has 2 atom stereocenters. The Morgan fingerprint density at radius 2 is 2.21 bits per heavy atom. The minimum atomic E-state index is -4.51. The molecule has 0 aliphatic carbocycles. The first kappa shape index (κ1) is 17.4. The predicted octanol–water partition coefficient (Wildman–Crippen LogP) is 2.91. The van der Waals surface area contributed by atoms with E-state index in [2.05, 4.69) is 15.1 Å². The average molecular weight is 345 g/mol. The Hall–Kier alpha value is -1.41. The summed E-state index contributed by atoms with van der Waals surface area (Å²) in [6, 6.07) is 1.11. The first-order valence-electron chi connectivity index (χ1n) is 8.32. The fourth-order valence-electron chi connectivity index (χ4n) is 3.84. The van der Waals surface area contributed by atoms with Crippen LogP contribution in [0.25, 0.3) is 0 Å². The number of fused-ring (bicyclic) bond motifs is 1. The zero-order valence-electron chi connectivity index (χ0n) is 13.7. The van der Waals surface area contributed by atoms with E-state index in [1.807, 2.05) is 6.92 Å². The molecule has 0 spiro atoms.